The third-order valence-corrected chi connectivity index (χ3v) is 7.25. The van der Waals surface area contributed by atoms with Crippen LogP contribution in [0.4, 0.5) is 0 Å². The molecule has 0 atom stereocenters. The molecule has 0 spiro atoms. The van der Waals surface area contributed by atoms with Crippen LogP contribution in [0.25, 0.3) is 0 Å². The summed E-state index contributed by atoms with van der Waals surface area (Å²) in [6.45, 7) is 3.04. The molecule has 1 aromatic heterocycles. The van der Waals surface area contributed by atoms with E-state index in [0.717, 1.165) is 30.6 Å². The van der Waals surface area contributed by atoms with Gasteiger partial charge >= 0.3 is 0 Å². The van der Waals surface area contributed by atoms with Crippen LogP contribution in [0.1, 0.15) is 37.5 Å². The van der Waals surface area contributed by atoms with Crippen LogP contribution < -0.4 is 10.5 Å². The minimum absolute atomic E-state index is 0.209. The summed E-state index contributed by atoms with van der Waals surface area (Å²) in [5.74, 6) is 0. The molecular formula is C12H19BrN2O2S2. The number of hydrogen-bond acceptors (Lipinski definition) is 4. The SMILES string of the molecule is CCCC1(CNS(=O)(=O)c2cc(CN)sc2Br)CC1. The zero-order valence-electron chi connectivity index (χ0n) is 10.9. The zero-order valence-corrected chi connectivity index (χ0v) is 14.1. The number of nitrogens with two attached hydrogens (primary N) is 1. The van der Waals surface area contributed by atoms with E-state index in [-0.39, 0.29) is 5.41 Å². The summed E-state index contributed by atoms with van der Waals surface area (Å²) in [4.78, 5) is 1.17. The molecule has 7 heteroatoms. The molecule has 3 N–H and O–H groups in total. The molecule has 108 valence electrons. The fraction of sp³-hybridized carbons (Fsp3) is 0.667. The Morgan fingerprint density at radius 3 is 2.68 bits per heavy atom. The lowest BCUT2D eigenvalue weighted by atomic mass is 10.0. The second-order valence-electron chi connectivity index (χ2n) is 5.13. The molecule has 1 aliphatic carbocycles. The van der Waals surface area contributed by atoms with Crippen molar-refractivity contribution in [3.05, 3.63) is 14.7 Å². The summed E-state index contributed by atoms with van der Waals surface area (Å²) in [7, 11) is -3.43. The smallest absolute Gasteiger partial charge is 0.242 e. The van der Waals surface area contributed by atoms with Gasteiger partial charge in [-0.1, -0.05) is 13.3 Å². The third kappa shape index (κ3) is 3.58. The standard InChI is InChI=1S/C12H19BrN2O2S2/c1-2-3-12(4-5-12)8-15-19(16,17)10-6-9(7-14)18-11(10)13/h6,15H,2-5,7-8,14H2,1H3. The number of thiophene rings is 1. The van der Waals surface area contributed by atoms with E-state index in [1.54, 1.807) is 6.07 Å². The summed E-state index contributed by atoms with van der Waals surface area (Å²) < 4.78 is 27.9. The quantitative estimate of drug-likeness (QED) is 0.778. The van der Waals surface area contributed by atoms with Crippen LogP contribution in [-0.4, -0.2) is 15.0 Å². The second kappa shape index (κ2) is 5.81. The average molecular weight is 367 g/mol. The van der Waals surface area contributed by atoms with Crippen molar-refractivity contribution in [3.63, 3.8) is 0 Å². The fourth-order valence-corrected chi connectivity index (χ4v) is 5.95. The highest BCUT2D eigenvalue weighted by atomic mass is 79.9. The topological polar surface area (TPSA) is 72.2 Å². The molecule has 2 rings (SSSR count). The van der Waals surface area contributed by atoms with Crippen LogP contribution in [0.3, 0.4) is 0 Å². The Bertz CT molecular complexity index is 550. The molecule has 19 heavy (non-hydrogen) atoms. The Balaban J connectivity index is 2.08. The third-order valence-electron chi connectivity index (χ3n) is 3.57. The van der Waals surface area contributed by atoms with E-state index < -0.39 is 10.0 Å². The van der Waals surface area contributed by atoms with E-state index >= 15 is 0 Å². The maximum atomic E-state index is 12.3. The molecule has 0 aromatic carbocycles. The summed E-state index contributed by atoms with van der Waals surface area (Å²) >= 11 is 4.68. The maximum Gasteiger partial charge on any atom is 0.242 e. The van der Waals surface area contributed by atoms with Gasteiger partial charge < -0.3 is 5.73 Å². The van der Waals surface area contributed by atoms with Crippen LogP contribution in [0, 0.1) is 5.41 Å². The Morgan fingerprint density at radius 2 is 2.21 bits per heavy atom. The zero-order chi connectivity index (χ0) is 14.1. The molecular weight excluding hydrogens is 348 g/mol. The average Bonchev–Trinajstić information content (AvgIpc) is 3.01. The molecule has 0 amide bonds. The van der Waals surface area contributed by atoms with Crippen LogP contribution >= 0.6 is 27.3 Å². The lowest BCUT2D eigenvalue weighted by Crippen LogP contribution is -2.30. The normalized spacial score (nSPS) is 17.6. The highest BCUT2D eigenvalue weighted by Crippen LogP contribution is 2.49. The van der Waals surface area contributed by atoms with Gasteiger partial charge in [-0.2, -0.15) is 0 Å². The second-order valence-corrected chi connectivity index (χ2v) is 9.32. The number of halogens is 1. The van der Waals surface area contributed by atoms with Gasteiger partial charge in [0.05, 0.1) is 3.79 Å². The van der Waals surface area contributed by atoms with Crippen molar-refractivity contribution in [3.8, 4) is 0 Å². The number of nitrogens with one attached hydrogen (secondary N) is 1. The van der Waals surface area contributed by atoms with Gasteiger partial charge in [-0.3, -0.25) is 0 Å². The van der Waals surface area contributed by atoms with E-state index in [2.05, 4.69) is 27.6 Å². The largest absolute Gasteiger partial charge is 0.326 e. The Morgan fingerprint density at radius 1 is 1.53 bits per heavy atom. The Labute approximate surface area is 127 Å². The molecule has 1 aromatic rings. The van der Waals surface area contributed by atoms with Crippen molar-refractivity contribution < 1.29 is 8.42 Å². The minimum atomic E-state index is -3.43. The van der Waals surface area contributed by atoms with Crippen molar-refractivity contribution in [2.45, 2.75) is 44.0 Å². The van der Waals surface area contributed by atoms with E-state index in [1.807, 2.05) is 0 Å². The molecule has 1 fully saturated rings. The predicted octanol–water partition coefficient (Wildman–Crippen LogP) is 2.83. The van der Waals surface area contributed by atoms with Crippen LogP contribution in [-0.2, 0) is 16.6 Å². The predicted molar refractivity (Wildman–Crippen MR) is 81.7 cm³/mol. The molecule has 1 aliphatic rings. The molecule has 0 bridgehead atoms. The number of rotatable bonds is 7. The summed E-state index contributed by atoms with van der Waals surface area (Å²) in [6, 6.07) is 1.65. The summed E-state index contributed by atoms with van der Waals surface area (Å²) in [5, 5.41) is 0. The van der Waals surface area contributed by atoms with Gasteiger partial charge in [0.25, 0.3) is 0 Å². The van der Waals surface area contributed by atoms with E-state index in [4.69, 9.17) is 5.73 Å². The van der Waals surface area contributed by atoms with Crippen LogP contribution in [0.2, 0.25) is 0 Å². The maximum absolute atomic E-state index is 12.3. The fourth-order valence-electron chi connectivity index (χ4n) is 2.23. The van der Waals surface area contributed by atoms with E-state index in [9.17, 15) is 8.42 Å². The molecule has 1 heterocycles. The van der Waals surface area contributed by atoms with Gasteiger partial charge in [-0.15, -0.1) is 11.3 Å². The van der Waals surface area contributed by atoms with Crippen molar-refractivity contribution in [1.29, 1.82) is 0 Å². The molecule has 4 nitrogen and oxygen atoms in total. The Hall–Kier alpha value is 0.0500. The molecule has 0 saturated heterocycles. The first kappa shape index (κ1) is 15.4. The summed E-state index contributed by atoms with van der Waals surface area (Å²) in [6.07, 6.45) is 4.44. The van der Waals surface area contributed by atoms with Gasteiger partial charge in [-0.25, -0.2) is 13.1 Å². The monoisotopic (exact) mass is 366 g/mol. The minimum Gasteiger partial charge on any atom is -0.326 e. The van der Waals surface area contributed by atoms with Crippen molar-refractivity contribution in [2.75, 3.05) is 6.54 Å². The van der Waals surface area contributed by atoms with Crippen molar-refractivity contribution in [1.82, 2.24) is 4.72 Å². The van der Waals surface area contributed by atoms with Crippen molar-refractivity contribution >= 4 is 37.3 Å². The molecule has 0 unspecified atom stereocenters. The van der Waals surface area contributed by atoms with Crippen molar-refractivity contribution in [2.24, 2.45) is 11.1 Å². The van der Waals surface area contributed by atoms with Gasteiger partial charge in [0.2, 0.25) is 10.0 Å². The highest BCUT2D eigenvalue weighted by Gasteiger charge is 2.42. The lowest BCUT2D eigenvalue weighted by molar-refractivity contribution is 0.449. The van der Waals surface area contributed by atoms with Gasteiger partial charge in [0, 0.05) is 18.0 Å². The van der Waals surface area contributed by atoms with Gasteiger partial charge in [0.1, 0.15) is 4.90 Å². The first-order chi connectivity index (χ1) is 8.92. The lowest BCUT2D eigenvalue weighted by Gasteiger charge is -2.14. The van der Waals surface area contributed by atoms with E-state index in [0.29, 0.717) is 21.8 Å². The van der Waals surface area contributed by atoms with Crippen LogP contribution in [0.5, 0.6) is 0 Å². The Kier molecular flexibility index (Phi) is 4.72. The number of hydrogen-bond donors (Lipinski definition) is 2. The highest BCUT2D eigenvalue weighted by molar-refractivity contribution is 9.11. The summed E-state index contributed by atoms with van der Waals surface area (Å²) in [5.41, 5.74) is 5.75. The first-order valence-corrected chi connectivity index (χ1v) is 9.50. The van der Waals surface area contributed by atoms with Crippen LogP contribution in [0.15, 0.2) is 14.7 Å². The molecule has 0 aliphatic heterocycles. The molecule has 1 saturated carbocycles. The number of sulfonamides is 1. The van der Waals surface area contributed by atoms with Gasteiger partial charge in [0.15, 0.2) is 0 Å². The van der Waals surface area contributed by atoms with E-state index in [1.165, 1.54) is 11.3 Å². The molecule has 0 radical (unpaired) electrons. The first-order valence-electron chi connectivity index (χ1n) is 6.40. The van der Waals surface area contributed by atoms with Gasteiger partial charge in [-0.05, 0) is 46.7 Å².